The van der Waals surface area contributed by atoms with E-state index in [1.54, 1.807) is 0 Å². The molecular weight excluding hydrogens is 210 g/mol. The highest BCUT2D eigenvalue weighted by Crippen LogP contribution is 2.25. The molecule has 0 fully saturated rings. The molecule has 0 unspecified atom stereocenters. The summed E-state index contributed by atoms with van der Waals surface area (Å²) in [6.07, 6.45) is 0. The fraction of sp³-hybridized carbons (Fsp3) is 0.200. The molecule has 2 N–H and O–H groups in total. The maximum Gasteiger partial charge on any atom is 0.0596 e. The number of rotatable bonds is 3. The highest BCUT2D eigenvalue weighted by atomic mass is 16.0. The van der Waals surface area contributed by atoms with Gasteiger partial charge in [0.15, 0.2) is 0 Å². The molecule has 17 heavy (non-hydrogen) atoms. The maximum absolute atomic E-state index is 2.24. The Labute approximate surface area is 103 Å². The summed E-state index contributed by atoms with van der Waals surface area (Å²) in [4.78, 5) is 2.24. The first-order chi connectivity index (χ1) is 7.79. The fourth-order valence-electron chi connectivity index (χ4n) is 2.06. The SMILES string of the molecule is CN(C)C(c1ccccc1)c1ccccc1.O. The van der Waals surface area contributed by atoms with Crippen molar-refractivity contribution in [2.75, 3.05) is 14.1 Å². The summed E-state index contributed by atoms with van der Waals surface area (Å²) >= 11 is 0. The van der Waals surface area contributed by atoms with Gasteiger partial charge in [-0.2, -0.15) is 0 Å². The van der Waals surface area contributed by atoms with Crippen molar-refractivity contribution in [3.05, 3.63) is 71.8 Å². The Morgan fingerprint density at radius 1 is 0.706 bits per heavy atom. The monoisotopic (exact) mass is 229 g/mol. The van der Waals surface area contributed by atoms with Crippen LogP contribution in [0.2, 0.25) is 0 Å². The lowest BCUT2D eigenvalue weighted by Crippen LogP contribution is -2.20. The molecule has 90 valence electrons. The van der Waals surface area contributed by atoms with E-state index in [1.807, 2.05) is 0 Å². The van der Waals surface area contributed by atoms with E-state index in [-0.39, 0.29) is 5.48 Å². The largest absolute Gasteiger partial charge is 0.412 e. The van der Waals surface area contributed by atoms with Gasteiger partial charge in [-0.05, 0) is 25.2 Å². The third-order valence-corrected chi connectivity index (χ3v) is 2.75. The van der Waals surface area contributed by atoms with E-state index in [0.717, 1.165) is 0 Å². The molecule has 0 saturated heterocycles. The second kappa shape index (κ2) is 6.18. The number of nitrogens with zero attached hydrogens (tertiary/aromatic N) is 1. The normalized spacial score (nSPS) is 10.4. The number of hydrogen-bond donors (Lipinski definition) is 0. The van der Waals surface area contributed by atoms with Gasteiger partial charge in [-0.15, -0.1) is 0 Å². The van der Waals surface area contributed by atoms with E-state index in [4.69, 9.17) is 0 Å². The molecule has 0 bridgehead atoms. The first-order valence-electron chi connectivity index (χ1n) is 5.55. The average molecular weight is 229 g/mol. The highest BCUT2D eigenvalue weighted by molar-refractivity contribution is 5.31. The minimum Gasteiger partial charge on any atom is -0.412 e. The van der Waals surface area contributed by atoms with Gasteiger partial charge < -0.3 is 5.48 Å². The van der Waals surface area contributed by atoms with Crippen molar-refractivity contribution in [1.29, 1.82) is 0 Å². The minimum atomic E-state index is 0. The van der Waals surface area contributed by atoms with Crippen LogP contribution in [0.4, 0.5) is 0 Å². The third kappa shape index (κ3) is 3.16. The van der Waals surface area contributed by atoms with Crippen LogP contribution < -0.4 is 0 Å². The van der Waals surface area contributed by atoms with Crippen LogP contribution in [0.25, 0.3) is 0 Å². The lowest BCUT2D eigenvalue weighted by Gasteiger charge is -2.25. The van der Waals surface area contributed by atoms with Crippen LogP contribution in [-0.4, -0.2) is 24.5 Å². The van der Waals surface area contributed by atoms with E-state index in [1.165, 1.54) is 11.1 Å². The number of hydrogen-bond acceptors (Lipinski definition) is 1. The molecule has 2 nitrogen and oxygen atoms in total. The zero-order chi connectivity index (χ0) is 11.4. The lowest BCUT2D eigenvalue weighted by molar-refractivity contribution is 0.342. The van der Waals surface area contributed by atoms with E-state index >= 15 is 0 Å². The minimum absolute atomic E-state index is 0. The maximum atomic E-state index is 2.24. The molecule has 0 spiro atoms. The summed E-state index contributed by atoms with van der Waals surface area (Å²) in [5.41, 5.74) is 2.66. The fourth-order valence-corrected chi connectivity index (χ4v) is 2.06. The van der Waals surface area contributed by atoms with Crippen LogP contribution in [-0.2, 0) is 0 Å². The smallest absolute Gasteiger partial charge is 0.0596 e. The van der Waals surface area contributed by atoms with Gasteiger partial charge in [-0.3, -0.25) is 4.90 Å². The van der Waals surface area contributed by atoms with Gasteiger partial charge in [0.25, 0.3) is 0 Å². The summed E-state index contributed by atoms with van der Waals surface area (Å²) in [5.74, 6) is 0. The summed E-state index contributed by atoms with van der Waals surface area (Å²) in [6.45, 7) is 0. The van der Waals surface area contributed by atoms with Gasteiger partial charge in [-0.1, -0.05) is 60.7 Å². The molecule has 0 amide bonds. The van der Waals surface area contributed by atoms with Gasteiger partial charge >= 0.3 is 0 Å². The second-order valence-corrected chi connectivity index (χ2v) is 4.19. The van der Waals surface area contributed by atoms with Crippen molar-refractivity contribution in [3.63, 3.8) is 0 Å². The summed E-state index contributed by atoms with van der Waals surface area (Å²) < 4.78 is 0. The quantitative estimate of drug-likeness (QED) is 0.796. The topological polar surface area (TPSA) is 34.7 Å². The molecule has 0 atom stereocenters. The molecule has 0 aliphatic heterocycles. The van der Waals surface area contributed by atoms with Crippen molar-refractivity contribution in [3.8, 4) is 0 Å². The molecule has 0 aliphatic carbocycles. The number of benzene rings is 2. The summed E-state index contributed by atoms with van der Waals surface area (Å²) in [7, 11) is 4.23. The predicted octanol–water partition coefficient (Wildman–Crippen LogP) is 2.51. The first kappa shape index (κ1) is 13.4. The zero-order valence-corrected chi connectivity index (χ0v) is 10.3. The molecule has 0 radical (unpaired) electrons. The summed E-state index contributed by atoms with van der Waals surface area (Å²) in [5, 5.41) is 0. The first-order valence-corrected chi connectivity index (χ1v) is 5.55. The van der Waals surface area contributed by atoms with E-state index in [9.17, 15) is 0 Å². The molecule has 2 aromatic carbocycles. The molecular formula is C15H19NO. The van der Waals surface area contributed by atoms with Crippen LogP contribution in [0.1, 0.15) is 17.2 Å². The Kier molecular flexibility index (Phi) is 4.88. The van der Waals surface area contributed by atoms with Crippen molar-refractivity contribution < 1.29 is 5.48 Å². The van der Waals surface area contributed by atoms with Crippen LogP contribution in [0.5, 0.6) is 0 Å². The highest BCUT2D eigenvalue weighted by Gasteiger charge is 2.15. The average Bonchev–Trinajstić information content (AvgIpc) is 2.31. The van der Waals surface area contributed by atoms with Crippen LogP contribution in [0, 0.1) is 0 Å². The Balaban J connectivity index is 0.00000144. The van der Waals surface area contributed by atoms with Crippen molar-refractivity contribution in [2.45, 2.75) is 6.04 Å². The van der Waals surface area contributed by atoms with Crippen LogP contribution >= 0.6 is 0 Å². The van der Waals surface area contributed by atoms with Crippen LogP contribution in [0.3, 0.4) is 0 Å². The molecule has 0 saturated carbocycles. The molecule has 2 rings (SSSR count). The predicted molar refractivity (Wildman–Crippen MR) is 72.0 cm³/mol. The zero-order valence-electron chi connectivity index (χ0n) is 10.3. The molecule has 0 aliphatic rings. The van der Waals surface area contributed by atoms with Gasteiger partial charge in [0.1, 0.15) is 0 Å². The molecule has 0 heterocycles. The van der Waals surface area contributed by atoms with Gasteiger partial charge in [0.05, 0.1) is 6.04 Å². The van der Waals surface area contributed by atoms with Crippen LogP contribution in [0.15, 0.2) is 60.7 Å². The van der Waals surface area contributed by atoms with E-state index in [0.29, 0.717) is 6.04 Å². The summed E-state index contributed by atoms with van der Waals surface area (Å²) in [6, 6.07) is 21.5. The molecule has 2 heteroatoms. The van der Waals surface area contributed by atoms with Crippen molar-refractivity contribution >= 4 is 0 Å². The van der Waals surface area contributed by atoms with Gasteiger partial charge in [0, 0.05) is 0 Å². The Morgan fingerprint density at radius 3 is 1.35 bits per heavy atom. The molecule has 0 aromatic heterocycles. The Bertz CT molecular complexity index is 386. The van der Waals surface area contributed by atoms with Crippen molar-refractivity contribution in [1.82, 2.24) is 4.90 Å². The van der Waals surface area contributed by atoms with E-state index < -0.39 is 0 Å². The van der Waals surface area contributed by atoms with E-state index in [2.05, 4.69) is 79.7 Å². The lowest BCUT2D eigenvalue weighted by atomic mass is 9.98. The third-order valence-electron chi connectivity index (χ3n) is 2.75. The molecule has 2 aromatic rings. The Hall–Kier alpha value is -1.64. The van der Waals surface area contributed by atoms with Gasteiger partial charge in [-0.25, -0.2) is 0 Å². The Morgan fingerprint density at radius 2 is 1.06 bits per heavy atom. The van der Waals surface area contributed by atoms with Gasteiger partial charge in [0.2, 0.25) is 0 Å². The second-order valence-electron chi connectivity index (χ2n) is 4.19. The van der Waals surface area contributed by atoms with Crippen molar-refractivity contribution in [2.24, 2.45) is 0 Å². The standard InChI is InChI=1S/C15H17N.H2O/c1-16(2)15(13-9-5-3-6-10-13)14-11-7-4-8-12-14;/h3-12,15H,1-2H3;1H2.